The molecule has 37 heavy (non-hydrogen) atoms. The summed E-state index contributed by atoms with van der Waals surface area (Å²) < 4.78 is 30.9. The second-order valence-electron chi connectivity index (χ2n) is 8.55. The van der Waals surface area contributed by atoms with Crippen LogP contribution in [0.5, 0.6) is 17.2 Å². The van der Waals surface area contributed by atoms with Crippen molar-refractivity contribution in [3.63, 3.8) is 0 Å². The third-order valence-electron chi connectivity index (χ3n) is 6.22. The Bertz CT molecular complexity index is 1440. The second-order valence-corrected chi connectivity index (χ2v) is 8.99. The topological polar surface area (TPSA) is 84.0 Å². The number of ether oxygens (including phenoxy) is 3. The molecule has 3 aromatic carbocycles. The second kappa shape index (κ2) is 11.1. The Morgan fingerprint density at radius 2 is 1.86 bits per heavy atom. The average molecular weight is 527 g/mol. The van der Waals surface area contributed by atoms with Crippen LogP contribution in [0.3, 0.4) is 0 Å². The number of benzene rings is 3. The lowest BCUT2D eigenvalue weighted by Gasteiger charge is -2.31. The minimum absolute atomic E-state index is 0.106. The van der Waals surface area contributed by atoms with Gasteiger partial charge in [0, 0.05) is 64.2 Å². The molecule has 0 aliphatic heterocycles. The summed E-state index contributed by atoms with van der Waals surface area (Å²) in [6.07, 6.45) is 1.59. The maximum Gasteiger partial charge on any atom is 0.192 e. The number of rotatable bonds is 10. The van der Waals surface area contributed by atoms with E-state index in [9.17, 15) is 14.3 Å². The largest absolute Gasteiger partial charge is 0.497 e. The lowest BCUT2D eigenvalue weighted by molar-refractivity contribution is 0.0959. The number of halogens is 2. The number of likely N-dealkylation sites (N-methyl/N-ethyl adjacent to an activating group) is 1. The first-order valence-corrected chi connectivity index (χ1v) is 12.0. The molecule has 0 amide bonds. The van der Waals surface area contributed by atoms with Crippen molar-refractivity contribution in [2.45, 2.75) is 13.0 Å². The van der Waals surface area contributed by atoms with Gasteiger partial charge in [0.15, 0.2) is 5.78 Å². The van der Waals surface area contributed by atoms with Gasteiger partial charge >= 0.3 is 0 Å². The van der Waals surface area contributed by atoms with Crippen molar-refractivity contribution >= 4 is 34.0 Å². The van der Waals surface area contributed by atoms with Crippen molar-refractivity contribution in [2.24, 2.45) is 0 Å². The molecule has 1 atom stereocenters. The first kappa shape index (κ1) is 26.3. The zero-order valence-corrected chi connectivity index (χ0v) is 21.7. The van der Waals surface area contributed by atoms with E-state index in [1.165, 1.54) is 20.3 Å². The first-order chi connectivity index (χ1) is 17.8. The number of aliphatic hydroxyl groups is 1. The van der Waals surface area contributed by atoms with Crippen molar-refractivity contribution in [3.05, 3.63) is 82.3 Å². The van der Waals surface area contributed by atoms with E-state index in [2.05, 4.69) is 4.98 Å². The van der Waals surface area contributed by atoms with E-state index in [1.807, 2.05) is 0 Å². The molecule has 4 rings (SSSR count). The molecule has 0 aliphatic rings. The smallest absolute Gasteiger partial charge is 0.192 e. The van der Waals surface area contributed by atoms with Crippen molar-refractivity contribution in [1.82, 2.24) is 4.98 Å². The van der Waals surface area contributed by atoms with Gasteiger partial charge in [-0.2, -0.15) is 0 Å². The highest BCUT2D eigenvalue weighted by atomic mass is 35.5. The van der Waals surface area contributed by atoms with E-state index in [4.69, 9.17) is 25.8 Å². The number of ketones is 1. The van der Waals surface area contributed by atoms with Gasteiger partial charge in [0.2, 0.25) is 0 Å². The molecule has 0 radical (unpaired) electrons. The number of carbonyl (C=O) groups is 1. The minimum atomic E-state index is -0.852. The fourth-order valence-corrected chi connectivity index (χ4v) is 4.48. The molecule has 9 heteroatoms. The SMILES string of the molecule is COc1cc(OCCO)cc(N(C)C(C(=O)c2c[nH]c3cc(F)c(C)cc23)c2ccc(Cl)cc2OC)c1. The molecule has 4 aromatic rings. The number of hydrogen-bond donors (Lipinski definition) is 2. The number of nitrogens with zero attached hydrogens (tertiary/aromatic N) is 1. The highest BCUT2D eigenvalue weighted by molar-refractivity contribution is 6.30. The van der Waals surface area contributed by atoms with E-state index in [-0.39, 0.29) is 24.8 Å². The molecular weight excluding hydrogens is 499 g/mol. The Morgan fingerprint density at radius 1 is 1.11 bits per heavy atom. The van der Waals surface area contributed by atoms with E-state index >= 15 is 0 Å². The number of anilines is 1. The lowest BCUT2D eigenvalue weighted by atomic mass is 9.94. The summed E-state index contributed by atoms with van der Waals surface area (Å²) in [6, 6.07) is 12.5. The average Bonchev–Trinajstić information content (AvgIpc) is 3.30. The van der Waals surface area contributed by atoms with Gasteiger partial charge in [0.1, 0.15) is 35.7 Å². The Kier molecular flexibility index (Phi) is 7.90. The van der Waals surface area contributed by atoms with Crippen LogP contribution in [0.4, 0.5) is 10.1 Å². The van der Waals surface area contributed by atoms with Crippen LogP contribution in [0.15, 0.2) is 54.7 Å². The number of aryl methyl sites for hydroxylation is 1. The molecule has 0 spiro atoms. The summed E-state index contributed by atoms with van der Waals surface area (Å²) in [6.45, 7) is 1.62. The van der Waals surface area contributed by atoms with Crippen LogP contribution >= 0.6 is 11.6 Å². The molecule has 1 unspecified atom stereocenters. The zero-order chi connectivity index (χ0) is 26.7. The van der Waals surface area contributed by atoms with Crippen LogP contribution in [0.25, 0.3) is 10.9 Å². The summed E-state index contributed by atoms with van der Waals surface area (Å²) >= 11 is 6.22. The molecule has 0 aliphatic carbocycles. The summed E-state index contributed by atoms with van der Waals surface area (Å²) in [4.78, 5) is 19.1. The van der Waals surface area contributed by atoms with Crippen LogP contribution in [0.2, 0.25) is 5.02 Å². The number of aliphatic hydroxyl groups excluding tert-OH is 1. The fraction of sp³-hybridized carbons (Fsp3) is 0.250. The maximum absolute atomic E-state index is 14.3. The summed E-state index contributed by atoms with van der Waals surface area (Å²) in [7, 11) is 4.83. The molecule has 0 saturated heterocycles. The number of H-pyrrole nitrogens is 1. The number of aromatic nitrogens is 1. The zero-order valence-electron chi connectivity index (χ0n) is 21.0. The third-order valence-corrected chi connectivity index (χ3v) is 6.46. The maximum atomic E-state index is 14.3. The molecule has 0 fully saturated rings. The molecule has 7 nitrogen and oxygen atoms in total. The third kappa shape index (κ3) is 5.35. The molecular formula is C28H28ClFN2O5. The van der Waals surface area contributed by atoms with E-state index in [1.54, 1.807) is 67.5 Å². The van der Waals surface area contributed by atoms with Crippen LogP contribution in [-0.4, -0.2) is 50.4 Å². The minimum Gasteiger partial charge on any atom is -0.497 e. The molecule has 2 N–H and O–H groups in total. The van der Waals surface area contributed by atoms with Gasteiger partial charge in [-0.1, -0.05) is 17.7 Å². The van der Waals surface area contributed by atoms with E-state index in [0.29, 0.717) is 55.6 Å². The highest BCUT2D eigenvalue weighted by Crippen LogP contribution is 2.39. The van der Waals surface area contributed by atoms with Crippen molar-refractivity contribution < 1.29 is 28.5 Å². The normalized spacial score (nSPS) is 11.9. The first-order valence-electron chi connectivity index (χ1n) is 11.6. The monoisotopic (exact) mass is 526 g/mol. The van der Waals surface area contributed by atoms with Gasteiger partial charge in [-0.3, -0.25) is 4.79 Å². The highest BCUT2D eigenvalue weighted by Gasteiger charge is 2.32. The molecule has 1 aromatic heterocycles. The molecule has 1 heterocycles. The van der Waals surface area contributed by atoms with E-state index < -0.39 is 6.04 Å². The Morgan fingerprint density at radius 3 is 2.57 bits per heavy atom. The van der Waals surface area contributed by atoms with Crippen LogP contribution in [-0.2, 0) is 0 Å². The number of nitrogens with one attached hydrogen (secondary N) is 1. The van der Waals surface area contributed by atoms with Crippen molar-refractivity contribution in [1.29, 1.82) is 0 Å². The molecule has 0 bridgehead atoms. The van der Waals surface area contributed by atoms with E-state index in [0.717, 1.165) is 0 Å². The van der Waals surface area contributed by atoms with Gasteiger partial charge < -0.3 is 29.2 Å². The Labute approximate surface area is 219 Å². The summed E-state index contributed by atoms with van der Waals surface area (Å²) in [5.74, 6) is 0.848. The number of fused-ring (bicyclic) bond motifs is 1. The Balaban J connectivity index is 1.88. The van der Waals surface area contributed by atoms with Crippen LogP contribution in [0, 0.1) is 12.7 Å². The number of methoxy groups -OCH3 is 2. The van der Waals surface area contributed by atoms with Crippen LogP contribution in [0.1, 0.15) is 27.5 Å². The number of hydrogen-bond acceptors (Lipinski definition) is 6. The van der Waals surface area contributed by atoms with Crippen molar-refractivity contribution in [3.8, 4) is 17.2 Å². The quantitative estimate of drug-likeness (QED) is 0.257. The number of Topliss-reactive ketones (excluding diaryl/α,β-unsaturated/α-hetero) is 1. The van der Waals surface area contributed by atoms with Gasteiger partial charge in [0.25, 0.3) is 0 Å². The summed E-state index contributed by atoms with van der Waals surface area (Å²) in [5.41, 5.74) is 2.59. The lowest BCUT2D eigenvalue weighted by Crippen LogP contribution is -2.31. The predicted molar refractivity (Wildman–Crippen MR) is 142 cm³/mol. The number of aromatic amines is 1. The molecule has 194 valence electrons. The number of carbonyl (C=O) groups excluding carboxylic acids is 1. The Hall–Kier alpha value is -3.75. The van der Waals surface area contributed by atoms with Gasteiger partial charge in [-0.15, -0.1) is 0 Å². The molecule has 0 saturated carbocycles. The van der Waals surface area contributed by atoms with Gasteiger partial charge in [-0.05, 0) is 36.8 Å². The van der Waals surface area contributed by atoms with Gasteiger partial charge in [0.05, 0.1) is 20.8 Å². The van der Waals surface area contributed by atoms with Crippen LogP contribution < -0.4 is 19.1 Å². The van der Waals surface area contributed by atoms with Crippen molar-refractivity contribution in [2.75, 3.05) is 39.4 Å². The predicted octanol–water partition coefficient (Wildman–Crippen LogP) is 5.72. The summed E-state index contributed by atoms with van der Waals surface area (Å²) in [5, 5.41) is 10.3. The van der Waals surface area contributed by atoms with Gasteiger partial charge in [-0.25, -0.2) is 4.39 Å². The standard InChI is InChI=1S/C28H28ClFN2O5/c1-16-9-22-23(15-31-25(22)14-24(16)30)28(34)27(21-6-5-17(29)10-26(21)36-4)32(2)18-11-19(35-3)13-20(12-18)37-8-7-33/h5-6,9-15,27,31,33H,7-8H2,1-4H3. The fourth-order valence-electron chi connectivity index (χ4n) is 4.31.